The molecule has 0 saturated heterocycles. The number of carbonyl (C=O) groups is 3. The fourth-order valence-electron chi connectivity index (χ4n) is 2.51. The quantitative estimate of drug-likeness (QED) is 0.699. The lowest BCUT2D eigenvalue weighted by molar-refractivity contribution is -0.118. The number of nitrogens with one attached hydrogen (secondary N) is 2. The summed E-state index contributed by atoms with van der Waals surface area (Å²) in [6, 6.07) is 13.7. The number of ketones is 1. The summed E-state index contributed by atoms with van der Waals surface area (Å²) in [5.74, 6) is 0.494. The van der Waals surface area contributed by atoms with Gasteiger partial charge in [-0.1, -0.05) is 6.92 Å². The topological polar surface area (TPSA) is 84.5 Å². The number of Topliss-reactive ketones (excluding diaryl/α,β-unsaturated/α-hetero) is 1. The van der Waals surface area contributed by atoms with E-state index in [0.717, 1.165) is 12.8 Å². The predicted molar refractivity (Wildman–Crippen MR) is 103 cm³/mol. The van der Waals surface area contributed by atoms with Gasteiger partial charge in [-0.25, -0.2) is 0 Å². The first-order valence-electron chi connectivity index (χ1n) is 9.02. The van der Waals surface area contributed by atoms with Crippen molar-refractivity contribution in [2.45, 2.75) is 26.2 Å². The minimum Gasteiger partial charge on any atom is -0.484 e. The Kier molecular flexibility index (Phi) is 5.86. The molecule has 0 heterocycles. The van der Waals surface area contributed by atoms with E-state index in [2.05, 4.69) is 10.6 Å². The lowest BCUT2D eigenvalue weighted by Crippen LogP contribution is -2.20. The average Bonchev–Trinajstić information content (AvgIpc) is 3.53. The molecule has 0 bridgehead atoms. The van der Waals surface area contributed by atoms with Gasteiger partial charge in [0.15, 0.2) is 12.4 Å². The molecule has 0 aliphatic heterocycles. The second kappa shape index (κ2) is 8.49. The van der Waals surface area contributed by atoms with Gasteiger partial charge < -0.3 is 15.4 Å². The van der Waals surface area contributed by atoms with Crippen molar-refractivity contribution >= 4 is 29.0 Å². The summed E-state index contributed by atoms with van der Waals surface area (Å²) in [5, 5.41) is 5.58. The SMILES string of the molecule is CCC(=O)c1ccc(OCC(=O)Nc2ccc(NC(=O)C3CC3)cc2)cc1. The Bertz CT molecular complexity index is 824. The fraction of sp³-hybridized carbons (Fsp3) is 0.286. The van der Waals surface area contributed by atoms with E-state index < -0.39 is 0 Å². The van der Waals surface area contributed by atoms with Crippen molar-refractivity contribution in [3.05, 3.63) is 54.1 Å². The molecule has 0 unspecified atom stereocenters. The van der Waals surface area contributed by atoms with E-state index in [1.807, 2.05) is 6.92 Å². The van der Waals surface area contributed by atoms with Crippen LogP contribution in [0, 0.1) is 5.92 Å². The van der Waals surface area contributed by atoms with Crippen molar-refractivity contribution in [3.8, 4) is 5.75 Å². The van der Waals surface area contributed by atoms with Gasteiger partial charge >= 0.3 is 0 Å². The van der Waals surface area contributed by atoms with Crippen LogP contribution in [0.3, 0.4) is 0 Å². The third-order valence-corrected chi connectivity index (χ3v) is 4.25. The van der Waals surface area contributed by atoms with E-state index in [1.165, 1.54) is 0 Å². The molecule has 0 spiro atoms. The maximum atomic E-state index is 12.0. The van der Waals surface area contributed by atoms with E-state index in [0.29, 0.717) is 29.1 Å². The third kappa shape index (κ3) is 5.41. The zero-order valence-corrected chi connectivity index (χ0v) is 15.2. The van der Waals surface area contributed by atoms with Gasteiger partial charge in [0.2, 0.25) is 5.91 Å². The summed E-state index contributed by atoms with van der Waals surface area (Å²) < 4.78 is 5.44. The number of rotatable bonds is 8. The summed E-state index contributed by atoms with van der Waals surface area (Å²) in [4.78, 5) is 35.3. The number of hydrogen-bond acceptors (Lipinski definition) is 4. The van der Waals surface area contributed by atoms with E-state index in [-0.39, 0.29) is 30.1 Å². The second-order valence-corrected chi connectivity index (χ2v) is 6.48. The highest BCUT2D eigenvalue weighted by molar-refractivity contribution is 5.96. The maximum absolute atomic E-state index is 12.0. The molecule has 0 aromatic heterocycles. The molecule has 2 aromatic carbocycles. The number of carbonyl (C=O) groups excluding carboxylic acids is 3. The van der Waals surface area contributed by atoms with E-state index >= 15 is 0 Å². The monoisotopic (exact) mass is 366 g/mol. The van der Waals surface area contributed by atoms with Crippen molar-refractivity contribution in [2.24, 2.45) is 5.92 Å². The van der Waals surface area contributed by atoms with Crippen LogP contribution in [0.5, 0.6) is 5.75 Å². The summed E-state index contributed by atoms with van der Waals surface area (Å²) >= 11 is 0. The van der Waals surface area contributed by atoms with Crippen LogP contribution in [0.15, 0.2) is 48.5 Å². The maximum Gasteiger partial charge on any atom is 0.262 e. The van der Waals surface area contributed by atoms with Crippen LogP contribution in [0.2, 0.25) is 0 Å². The van der Waals surface area contributed by atoms with Gasteiger partial charge in [-0.2, -0.15) is 0 Å². The summed E-state index contributed by atoms with van der Waals surface area (Å²) in [6.07, 6.45) is 2.36. The summed E-state index contributed by atoms with van der Waals surface area (Å²) in [5.41, 5.74) is 1.96. The van der Waals surface area contributed by atoms with Gasteiger partial charge in [-0.15, -0.1) is 0 Å². The molecule has 2 amide bonds. The smallest absolute Gasteiger partial charge is 0.262 e. The van der Waals surface area contributed by atoms with E-state index in [9.17, 15) is 14.4 Å². The Hall–Kier alpha value is -3.15. The molecule has 2 aromatic rings. The first kappa shape index (κ1) is 18.6. The molecule has 2 N–H and O–H groups in total. The highest BCUT2D eigenvalue weighted by Gasteiger charge is 2.29. The molecule has 1 aliphatic carbocycles. The molecular weight excluding hydrogens is 344 g/mol. The van der Waals surface area contributed by atoms with Gasteiger partial charge in [0.05, 0.1) is 0 Å². The Morgan fingerprint density at radius 1 is 0.926 bits per heavy atom. The van der Waals surface area contributed by atoms with Gasteiger partial charge in [0, 0.05) is 29.3 Å². The van der Waals surface area contributed by atoms with Crippen LogP contribution in [-0.4, -0.2) is 24.2 Å². The molecule has 140 valence electrons. The van der Waals surface area contributed by atoms with Gasteiger partial charge in [0.25, 0.3) is 5.91 Å². The molecule has 27 heavy (non-hydrogen) atoms. The fourth-order valence-corrected chi connectivity index (χ4v) is 2.51. The lowest BCUT2D eigenvalue weighted by atomic mass is 10.1. The Balaban J connectivity index is 1.46. The second-order valence-electron chi connectivity index (χ2n) is 6.48. The zero-order valence-electron chi connectivity index (χ0n) is 15.2. The number of benzene rings is 2. The largest absolute Gasteiger partial charge is 0.484 e. The first-order chi connectivity index (χ1) is 13.0. The van der Waals surface area contributed by atoms with Crippen LogP contribution in [0.25, 0.3) is 0 Å². The number of amides is 2. The van der Waals surface area contributed by atoms with Gasteiger partial charge in [0.1, 0.15) is 5.75 Å². The van der Waals surface area contributed by atoms with Crippen molar-refractivity contribution in [2.75, 3.05) is 17.2 Å². The zero-order chi connectivity index (χ0) is 19.2. The van der Waals surface area contributed by atoms with Crippen LogP contribution in [0.4, 0.5) is 11.4 Å². The van der Waals surface area contributed by atoms with E-state index in [4.69, 9.17) is 4.74 Å². The summed E-state index contributed by atoms with van der Waals surface area (Å²) in [7, 11) is 0. The van der Waals surface area contributed by atoms with Crippen LogP contribution in [-0.2, 0) is 9.59 Å². The van der Waals surface area contributed by atoms with Gasteiger partial charge in [-0.05, 0) is 61.4 Å². The molecule has 1 fully saturated rings. The normalized spacial score (nSPS) is 12.9. The molecule has 0 radical (unpaired) electrons. The van der Waals surface area contributed by atoms with Crippen LogP contribution >= 0.6 is 0 Å². The third-order valence-electron chi connectivity index (χ3n) is 4.25. The molecule has 0 atom stereocenters. The molecule has 6 heteroatoms. The first-order valence-corrected chi connectivity index (χ1v) is 9.02. The van der Waals surface area contributed by atoms with Crippen molar-refractivity contribution in [1.82, 2.24) is 0 Å². The minimum absolute atomic E-state index is 0.0480. The Morgan fingerprint density at radius 2 is 1.52 bits per heavy atom. The standard InChI is InChI=1S/C21H22N2O4/c1-2-19(24)14-5-11-18(12-6-14)27-13-20(25)22-16-7-9-17(10-8-16)23-21(26)15-3-4-15/h5-12,15H,2-4,13H2,1H3,(H,22,25)(H,23,26). The summed E-state index contributed by atoms with van der Waals surface area (Å²) in [6.45, 7) is 1.67. The average molecular weight is 366 g/mol. The van der Waals surface area contributed by atoms with Crippen molar-refractivity contribution in [1.29, 1.82) is 0 Å². The number of hydrogen-bond donors (Lipinski definition) is 2. The molecule has 3 rings (SSSR count). The molecule has 1 aliphatic rings. The highest BCUT2D eigenvalue weighted by Crippen LogP contribution is 2.30. The lowest BCUT2D eigenvalue weighted by Gasteiger charge is -2.09. The minimum atomic E-state index is -0.293. The van der Waals surface area contributed by atoms with Crippen LogP contribution in [0.1, 0.15) is 36.5 Å². The van der Waals surface area contributed by atoms with Crippen molar-refractivity contribution in [3.63, 3.8) is 0 Å². The number of anilines is 2. The Morgan fingerprint density at radius 3 is 2.07 bits per heavy atom. The highest BCUT2D eigenvalue weighted by atomic mass is 16.5. The number of ether oxygens (including phenoxy) is 1. The van der Waals surface area contributed by atoms with Crippen molar-refractivity contribution < 1.29 is 19.1 Å². The molecule has 6 nitrogen and oxygen atoms in total. The molecule has 1 saturated carbocycles. The Labute approximate surface area is 157 Å². The van der Waals surface area contributed by atoms with Gasteiger partial charge in [-0.3, -0.25) is 14.4 Å². The predicted octanol–water partition coefficient (Wildman–Crippen LogP) is 3.65. The molecular formula is C21H22N2O4. The van der Waals surface area contributed by atoms with Crippen LogP contribution < -0.4 is 15.4 Å². The van der Waals surface area contributed by atoms with E-state index in [1.54, 1.807) is 48.5 Å².